The van der Waals surface area contributed by atoms with Crippen molar-refractivity contribution in [3.8, 4) is 0 Å². The molecule has 11 nitrogen and oxygen atoms in total. The van der Waals surface area contributed by atoms with Crippen LogP contribution in [0.15, 0.2) is 76.9 Å². The van der Waals surface area contributed by atoms with Crippen LogP contribution in [0.2, 0.25) is 5.02 Å². The maximum Gasteiger partial charge on any atom is 0.338 e. The highest BCUT2D eigenvalue weighted by molar-refractivity contribution is 6.33. The van der Waals surface area contributed by atoms with Gasteiger partial charge in [-0.1, -0.05) is 48.0 Å². The first kappa shape index (κ1) is 32.3. The Labute approximate surface area is 267 Å². The summed E-state index contributed by atoms with van der Waals surface area (Å²) in [6.07, 6.45) is 10.4. The van der Waals surface area contributed by atoms with Crippen molar-refractivity contribution in [3.63, 3.8) is 0 Å². The zero-order valence-corrected chi connectivity index (χ0v) is 26.3. The number of carboxylic acids is 1. The number of carboxylic acid groups (broad SMARTS) is 1. The van der Waals surface area contributed by atoms with Crippen molar-refractivity contribution in [3.05, 3.63) is 87.5 Å². The summed E-state index contributed by atoms with van der Waals surface area (Å²) in [7, 11) is 1.70. The largest absolute Gasteiger partial charge is 0.478 e. The molecule has 0 radical (unpaired) electrons. The monoisotopic (exact) mass is 639 g/mol. The molecule has 1 aromatic carbocycles. The van der Waals surface area contributed by atoms with Crippen LogP contribution < -0.4 is 10.6 Å². The second-order valence-corrected chi connectivity index (χ2v) is 11.4. The van der Waals surface area contributed by atoms with E-state index in [4.69, 9.17) is 30.5 Å². The normalized spacial score (nSPS) is 24.1. The second kappa shape index (κ2) is 13.9. The molecule has 1 aromatic rings. The van der Waals surface area contributed by atoms with Gasteiger partial charge in [-0.2, -0.15) is 0 Å². The number of nitrogens with zero attached hydrogens (tertiary/aromatic N) is 1. The molecule has 12 heteroatoms. The van der Waals surface area contributed by atoms with Crippen molar-refractivity contribution in [1.82, 2.24) is 15.5 Å². The molecule has 3 aliphatic heterocycles. The standard InChI is InChI=1S/C33H38ClN3O8/c1-4-43-31(40)29-25(37(3)20(2)27(30(38)39)28(29)22-10-6-7-11-23(22)34)19-42-18-16-35-32(41)33(15-17-44-33)45-26-14-13-21-9-5-8-12-24(21)36-26/h6-8,10-14,24-25,36H,4-5,9,15-19H2,1-3H3,(H,35,41)(H,38,39). The average molecular weight is 640 g/mol. The first-order valence-corrected chi connectivity index (χ1v) is 15.4. The Morgan fingerprint density at radius 3 is 2.71 bits per heavy atom. The number of likely N-dealkylation sites (N-methyl/N-ethyl adjacent to an activating group) is 1. The third-order valence-corrected chi connectivity index (χ3v) is 8.66. The Kier molecular flexibility index (Phi) is 10.0. The number of carbonyl (C=O) groups is 3. The highest BCUT2D eigenvalue weighted by atomic mass is 35.5. The van der Waals surface area contributed by atoms with Gasteiger partial charge in [-0.15, -0.1) is 0 Å². The van der Waals surface area contributed by atoms with E-state index in [0.29, 0.717) is 35.2 Å². The van der Waals surface area contributed by atoms with Crippen LogP contribution in [-0.4, -0.2) is 85.7 Å². The van der Waals surface area contributed by atoms with Crippen molar-refractivity contribution in [2.75, 3.05) is 40.0 Å². The zero-order chi connectivity index (χ0) is 32.1. The predicted octanol–water partition coefficient (Wildman–Crippen LogP) is 3.68. The first-order chi connectivity index (χ1) is 21.7. The molecule has 1 saturated heterocycles. The minimum Gasteiger partial charge on any atom is -0.478 e. The molecule has 3 atom stereocenters. The number of dihydropyridines is 1. The maximum atomic E-state index is 13.4. The maximum absolute atomic E-state index is 13.4. The average Bonchev–Trinajstić information content (AvgIpc) is 3.00. The molecule has 3 N–H and O–H groups in total. The molecule has 0 bridgehead atoms. The summed E-state index contributed by atoms with van der Waals surface area (Å²) in [6.45, 7) is 4.12. The van der Waals surface area contributed by atoms with Gasteiger partial charge in [0.25, 0.3) is 11.7 Å². The van der Waals surface area contributed by atoms with Gasteiger partial charge in [0.05, 0.1) is 49.7 Å². The number of allylic oxidation sites excluding steroid dienone is 4. The van der Waals surface area contributed by atoms with Crippen molar-refractivity contribution in [2.45, 2.75) is 51.0 Å². The van der Waals surface area contributed by atoms with E-state index >= 15 is 0 Å². The van der Waals surface area contributed by atoms with E-state index in [2.05, 4.69) is 22.8 Å². The molecular weight excluding hydrogens is 602 g/mol. The number of amides is 1. The third kappa shape index (κ3) is 6.66. The Morgan fingerprint density at radius 1 is 1.24 bits per heavy atom. The molecule has 1 aliphatic carbocycles. The lowest BCUT2D eigenvalue weighted by molar-refractivity contribution is -0.275. The van der Waals surface area contributed by atoms with E-state index in [-0.39, 0.29) is 49.1 Å². The second-order valence-electron chi connectivity index (χ2n) is 11.0. The Hall–Kier alpha value is -4.06. The van der Waals surface area contributed by atoms with E-state index in [1.807, 2.05) is 12.2 Å². The van der Waals surface area contributed by atoms with Crippen LogP contribution in [0.25, 0.3) is 5.57 Å². The molecular formula is C33H38ClN3O8. The molecule has 1 fully saturated rings. The summed E-state index contributed by atoms with van der Waals surface area (Å²) >= 11 is 6.51. The van der Waals surface area contributed by atoms with Gasteiger partial charge in [0.1, 0.15) is 0 Å². The lowest BCUT2D eigenvalue weighted by Crippen LogP contribution is -2.59. The van der Waals surface area contributed by atoms with E-state index in [9.17, 15) is 19.5 Å². The third-order valence-electron chi connectivity index (χ3n) is 8.33. The van der Waals surface area contributed by atoms with Gasteiger partial charge in [-0.25, -0.2) is 9.59 Å². The van der Waals surface area contributed by atoms with Crippen molar-refractivity contribution in [2.24, 2.45) is 0 Å². The van der Waals surface area contributed by atoms with Crippen LogP contribution >= 0.6 is 11.6 Å². The number of hydrogen-bond donors (Lipinski definition) is 3. The van der Waals surface area contributed by atoms with Crippen molar-refractivity contribution in [1.29, 1.82) is 0 Å². The van der Waals surface area contributed by atoms with Gasteiger partial charge in [0, 0.05) is 41.9 Å². The van der Waals surface area contributed by atoms with Crippen molar-refractivity contribution >= 4 is 35.0 Å². The highest BCUT2D eigenvalue weighted by Crippen LogP contribution is 2.41. The van der Waals surface area contributed by atoms with Crippen molar-refractivity contribution < 1.29 is 38.4 Å². The molecule has 5 rings (SSSR count). The molecule has 0 spiro atoms. The van der Waals surface area contributed by atoms with Gasteiger partial charge in [-0.3, -0.25) is 4.79 Å². The fraction of sp³-hybridized carbons (Fsp3) is 0.424. The molecule has 3 heterocycles. The molecule has 0 aromatic heterocycles. The summed E-state index contributed by atoms with van der Waals surface area (Å²) in [4.78, 5) is 40.7. The summed E-state index contributed by atoms with van der Waals surface area (Å²) < 4.78 is 23.0. The number of rotatable bonds is 12. The lowest BCUT2D eigenvalue weighted by Gasteiger charge is -2.41. The number of carbonyl (C=O) groups excluding carboxylic acids is 2. The SMILES string of the molecule is CCOC(=O)C1=C(c2ccccc2Cl)C(C(=O)O)=C(C)N(C)C1COCCNC(=O)C1(OC2=CC=C3CCC=CC3N2)CCO1. The van der Waals surface area contributed by atoms with Crippen LogP contribution in [0.1, 0.15) is 38.7 Å². The Morgan fingerprint density at radius 2 is 2.02 bits per heavy atom. The number of aliphatic carboxylic acids is 1. The van der Waals surface area contributed by atoms with E-state index < -0.39 is 29.7 Å². The van der Waals surface area contributed by atoms with Crippen LogP contribution in [0, 0.1) is 0 Å². The Balaban J connectivity index is 1.26. The number of halogens is 1. The number of nitrogens with one attached hydrogen (secondary N) is 2. The minimum absolute atomic E-state index is 0.0111. The quantitative estimate of drug-likeness (QED) is 0.177. The fourth-order valence-electron chi connectivity index (χ4n) is 5.81. The number of ether oxygens (including phenoxy) is 4. The summed E-state index contributed by atoms with van der Waals surface area (Å²) in [6, 6.07) is 6.12. The van der Waals surface area contributed by atoms with Gasteiger partial charge in [-0.05, 0) is 44.4 Å². The predicted molar refractivity (Wildman–Crippen MR) is 167 cm³/mol. The van der Waals surface area contributed by atoms with Crippen LogP contribution in [0.4, 0.5) is 0 Å². The van der Waals surface area contributed by atoms with Crippen LogP contribution in [0.3, 0.4) is 0 Å². The molecule has 4 aliphatic rings. The summed E-state index contributed by atoms with van der Waals surface area (Å²) in [5, 5.41) is 16.6. The molecule has 1 amide bonds. The van der Waals surface area contributed by atoms with E-state index in [1.54, 1.807) is 50.1 Å². The number of benzene rings is 1. The smallest absolute Gasteiger partial charge is 0.338 e. The molecule has 0 saturated carbocycles. The minimum atomic E-state index is -1.43. The van der Waals surface area contributed by atoms with Crippen LogP contribution in [-0.2, 0) is 33.3 Å². The van der Waals surface area contributed by atoms with Gasteiger partial charge < -0.3 is 39.6 Å². The number of esters is 1. The van der Waals surface area contributed by atoms with Gasteiger partial charge in [0.2, 0.25) is 0 Å². The summed E-state index contributed by atoms with van der Waals surface area (Å²) in [5.41, 5.74) is 2.39. The van der Waals surface area contributed by atoms with E-state index in [0.717, 1.165) is 12.8 Å². The number of hydrogen-bond acceptors (Lipinski definition) is 9. The Bertz CT molecular complexity index is 1510. The van der Waals surface area contributed by atoms with Gasteiger partial charge >= 0.3 is 11.9 Å². The zero-order valence-electron chi connectivity index (χ0n) is 25.6. The number of fused-ring (bicyclic) bond motifs is 1. The molecule has 3 unspecified atom stereocenters. The van der Waals surface area contributed by atoms with E-state index in [1.165, 1.54) is 5.57 Å². The summed E-state index contributed by atoms with van der Waals surface area (Å²) in [5.74, 6) is -3.23. The molecule has 45 heavy (non-hydrogen) atoms. The van der Waals surface area contributed by atoms with Gasteiger partial charge in [0.15, 0.2) is 5.88 Å². The first-order valence-electron chi connectivity index (χ1n) is 15.0. The molecule has 240 valence electrons. The van der Waals surface area contributed by atoms with Crippen LogP contribution in [0.5, 0.6) is 0 Å². The lowest BCUT2D eigenvalue weighted by atomic mass is 9.84. The fourth-order valence-corrected chi connectivity index (χ4v) is 6.04. The topological polar surface area (TPSA) is 136 Å². The highest BCUT2D eigenvalue weighted by Gasteiger charge is 2.49.